The summed E-state index contributed by atoms with van der Waals surface area (Å²) in [5.74, 6) is 1.23. The zero-order chi connectivity index (χ0) is 11.5. The van der Waals surface area contributed by atoms with Crippen molar-refractivity contribution in [1.82, 2.24) is 9.55 Å². The predicted molar refractivity (Wildman–Crippen MR) is 60.8 cm³/mol. The first-order valence-corrected chi connectivity index (χ1v) is 5.48. The number of carbonyl (C=O) groups excluding carboxylic acids is 1. The summed E-state index contributed by atoms with van der Waals surface area (Å²) in [4.78, 5) is 15.6. The highest BCUT2D eigenvalue weighted by Crippen LogP contribution is 2.25. The second kappa shape index (κ2) is 4.60. The third kappa shape index (κ3) is 2.91. The first-order valence-electron chi connectivity index (χ1n) is 5.48. The van der Waals surface area contributed by atoms with Gasteiger partial charge in [0, 0.05) is 30.8 Å². The quantitative estimate of drug-likeness (QED) is 0.745. The number of hydrogen-bond donors (Lipinski definition) is 0. The molecule has 1 rings (SSSR count). The van der Waals surface area contributed by atoms with Crippen LogP contribution in [0.5, 0.6) is 0 Å². The topological polar surface area (TPSA) is 34.9 Å². The molecule has 0 aliphatic rings. The van der Waals surface area contributed by atoms with Crippen LogP contribution in [0, 0.1) is 0 Å². The molecule has 84 valence electrons. The molecule has 15 heavy (non-hydrogen) atoms. The third-order valence-electron chi connectivity index (χ3n) is 2.48. The van der Waals surface area contributed by atoms with Gasteiger partial charge in [0.25, 0.3) is 0 Å². The summed E-state index contributed by atoms with van der Waals surface area (Å²) in [5.41, 5.74) is -0.162. The van der Waals surface area contributed by atoms with Crippen molar-refractivity contribution in [3.63, 3.8) is 0 Å². The van der Waals surface area contributed by atoms with Gasteiger partial charge >= 0.3 is 0 Å². The average Bonchev–Trinajstić information content (AvgIpc) is 2.51. The number of aromatic nitrogens is 2. The van der Waals surface area contributed by atoms with Crippen molar-refractivity contribution in [2.45, 2.75) is 52.5 Å². The van der Waals surface area contributed by atoms with Gasteiger partial charge in [0.2, 0.25) is 0 Å². The lowest BCUT2D eigenvalue weighted by atomic mass is 9.86. The smallest absolute Gasteiger partial charge is 0.130 e. The van der Waals surface area contributed by atoms with Crippen molar-refractivity contribution in [3.05, 3.63) is 18.2 Å². The van der Waals surface area contributed by atoms with Crippen LogP contribution in [-0.4, -0.2) is 15.3 Å². The Morgan fingerprint density at radius 3 is 2.73 bits per heavy atom. The molecule has 0 saturated carbocycles. The van der Waals surface area contributed by atoms with Gasteiger partial charge in [0.1, 0.15) is 11.6 Å². The molecule has 0 amide bonds. The standard InChI is InChI=1S/C12H20N2O/c1-5-7-14-8-6-13-11(14)12(3,4)9-10(2)15/h6,8H,5,7,9H2,1-4H3. The number of ketones is 1. The van der Waals surface area contributed by atoms with Crippen LogP contribution in [0.15, 0.2) is 12.4 Å². The van der Waals surface area contributed by atoms with E-state index in [1.807, 2.05) is 12.4 Å². The molecule has 0 N–H and O–H groups in total. The maximum atomic E-state index is 11.2. The molecule has 1 heterocycles. The molecule has 1 aromatic rings. The van der Waals surface area contributed by atoms with E-state index in [-0.39, 0.29) is 11.2 Å². The van der Waals surface area contributed by atoms with E-state index in [2.05, 4.69) is 30.3 Å². The van der Waals surface area contributed by atoms with Crippen LogP contribution in [0.1, 0.15) is 46.4 Å². The first kappa shape index (κ1) is 12.0. The summed E-state index contributed by atoms with van der Waals surface area (Å²) in [6.07, 6.45) is 5.43. The fourth-order valence-electron chi connectivity index (χ4n) is 2.02. The van der Waals surface area contributed by atoms with Gasteiger partial charge in [-0.25, -0.2) is 4.98 Å². The molecule has 0 bridgehead atoms. The molecular weight excluding hydrogens is 188 g/mol. The van der Waals surface area contributed by atoms with E-state index >= 15 is 0 Å². The molecular formula is C12H20N2O. The summed E-state index contributed by atoms with van der Waals surface area (Å²) in [6.45, 7) is 8.89. The minimum Gasteiger partial charge on any atom is -0.334 e. The largest absolute Gasteiger partial charge is 0.334 e. The van der Waals surface area contributed by atoms with E-state index in [0.29, 0.717) is 6.42 Å². The van der Waals surface area contributed by atoms with Crippen LogP contribution in [-0.2, 0) is 16.8 Å². The minimum absolute atomic E-state index is 0.162. The van der Waals surface area contributed by atoms with Crippen LogP contribution in [0.4, 0.5) is 0 Å². The Bertz CT molecular complexity index is 339. The third-order valence-corrected chi connectivity index (χ3v) is 2.48. The molecule has 0 saturated heterocycles. The molecule has 0 unspecified atom stereocenters. The van der Waals surface area contributed by atoms with Crippen molar-refractivity contribution >= 4 is 5.78 Å². The lowest BCUT2D eigenvalue weighted by molar-refractivity contribution is -0.118. The zero-order valence-corrected chi connectivity index (χ0v) is 10.1. The van der Waals surface area contributed by atoms with Crippen LogP contribution >= 0.6 is 0 Å². The molecule has 0 aliphatic heterocycles. The molecule has 0 aliphatic carbocycles. The van der Waals surface area contributed by atoms with E-state index < -0.39 is 0 Å². The van der Waals surface area contributed by atoms with Crippen molar-refractivity contribution < 1.29 is 4.79 Å². The molecule has 0 spiro atoms. The van der Waals surface area contributed by atoms with Crippen LogP contribution < -0.4 is 0 Å². The van der Waals surface area contributed by atoms with E-state index in [1.54, 1.807) is 6.92 Å². The molecule has 0 aromatic carbocycles. The lowest BCUT2D eigenvalue weighted by Crippen LogP contribution is -2.25. The van der Waals surface area contributed by atoms with Crippen LogP contribution in [0.25, 0.3) is 0 Å². The number of rotatable bonds is 5. The molecule has 3 nitrogen and oxygen atoms in total. The number of aryl methyl sites for hydroxylation is 1. The second-order valence-corrected chi connectivity index (χ2v) is 4.71. The van der Waals surface area contributed by atoms with E-state index in [0.717, 1.165) is 18.8 Å². The van der Waals surface area contributed by atoms with Gasteiger partial charge in [-0.15, -0.1) is 0 Å². The van der Waals surface area contributed by atoms with Gasteiger partial charge in [-0.2, -0.15) is 0 Å². The van der Waals surface area contributed by atoms with Gasteiger partial charge in [-0.1, -0.05) is 20.8 Å². The number of imidazole rings is 1. The zero-order valence-electron chi connectivity index (χ0n) is 10.1. The van der Waals surface area contributed by atoms with E-state index in [4.69, 9.17) is 0 Å². The van der Waals surface area contributed by atoms with Crippen molar-refractivity contribution in [2.75, 3.05) is 0 Å². The summed E-state index contributed by atoms with van der Waals surface area (Å²) >= 11 is 0. The number of hydrogen-bond acceptors (Lipinski definition) is 2. The normalized spacial score (nSPS) is 11.7. The molecule has 1 aromatic heterocycles. The Morgan fingerprint density at radius 2 is 2.20 bits per heavy atom. The number of carbonyl (C=O) groups is 1. The van der Waals surface area contributed by atoms with Crippen LogP contribution in [0.3, 0.4) is 0 Å². The first-order chi connectivity index (χ1) is 6.97. The molecule has 0 radical (unpaired) electrons. The maximum Gasteiger partial charge on any atom is 0.130 e. The maximum absolute atomic E-state index is 11.2. The lowest BCUT2D eigenvalue weighted by Gasteiger charge is -2.23. The fourth-order valence-corrected chi connectivity index (χ4v) is 2.02. The Balaban J connectivity index is 2.92. The second-order valence-electron chi connectivity index (χ2n) is 4.71. The number of nitrogens with zero attached hydrogens (tertiary/aromatic N) is 2. The summed E-state index contributed by atoms with van der Waals surface area (Å²) in [6, 6.07) is 0. The van der Waals surface area contributed by atoms with Crippen molar-refractivity contribution in [2.24, 2.45) is 0 Å². The van der Waals surface area contributed by atoms with Gasteiger partial charge in [-0.05, 0) is 13.3 Å². The molecule has 0 fully saturated rings. The van der Waals surface area contributed by atoms with Crippen LogP contribution in [0.2, 0.25) is 0 Å². The Kier molecular flexibility index (Phi) is 3.66. The summed E-state index contributed by atoms with van der Waals surface area (Å²) < 4.78 is 2.14. The average molecular weight is 208 g/mol. The highest BCUT2D eigenvalue weighted by molar-refractivity contribution is 5.76. The van der Waals surface area contributed by atoms with Crippen molar-refractivity contribution in [3.8, 4) is 0 Å². The molecule has 0 atom stereocenters. The SMILES string of the molecule is CCCn1ccnc1C(C)(C)CC(C)=O. The van der Waals surface area contributed by atoms with Gasteiger partial charge in [-0.3, -0.25) is 4.79 Å². The Hall–Kier alpha value is -1.12. The Morgan fingerprint density at radius 1 is 1.53 bits per heavy atom. The highest BCUT2D eigenvalue weighted by atomic mass is 16.1. The van der Waals surface area contributed by atoms with Gasteiger partial charge < -0.3 is 4.57 Å². The predicted octanol–water partition coefficient (Wildman–Crippen LogP) is 2.55. The molecule has 3 heteroatoms. The van der Waals surface area contributed by atoms with E-state index in [9.17, 15) is 4.79 Å². The van der Waals surface area contributed by atoms with Crippen molar-refractivity contribution in [1.29, 1.82) is 0 Å². The minimum atomic E-state index is -0.162. The fraction of sp³-hybridized carbons (Fsp3) is 0.667. The highest BCUT2D eigenvalue weighted by Gasteiger charge is 2.26. The summed E-state index contributed by atoms with van der Waals surface area (Å²) in [7, 11) is 0. The summed E-state index contributed by atoms with van der Waals surface area (Å²) in [5, 5.41) is 0. The van der Waals surface area contributed by atoms with Gasteiger partial charge in [0.05, 0.1) is 0 Å². The van der Waals surface area contributed by atoms with E-state index in [1.165, 1.54) is 0 Å². The Labute approximate surface area is 91.5 Å². The van der Waals surface area contributed by atoms with Gasteiger partial charge in [0.15, 0.2) is 0 Å². The number of Topliss-reactive ketones (excluding diaryl/α,β-unsaturated/α-hetero) is 1. The monoisotopic (exact) mass is 208 g/mol.